The fraction of sp³-hybridized carbons (Fsp3) is 0.345. The maximum absolute atomic E-state index is 13.9. The van der Waals surface area contributed by atoms with Crippen molar-refractivity contribution in [3.05, 3.63) is 87.6 Å². The van der Waals surface area contributed by atoms with Crippen LogP contribution in [0.25, 0.3) is 0 Å². The molecule has 0 aliphatic carbocycles. The van der Waals surface area contributed by atoms with Crippen molar-refractivity contribution < 1.29 is 19.1 Å². The number of thiophene rings is 1. The second kappa shape index (κ2) is 10.8. The van der Waals surface area contributed by atoms with Crippen molar-refractivity contribution in [1.29, 1.82) is 0 Å². The molecule has 2 atom stereocenters. The Kier molecular flexibility index (Phi) is 7.28. The van der Waals surface area contributed by atoms with Crippen molar-refractivity contribution in [3.63, 3.8) is 0 Å². The van der Waals surface area contributed by atoms with Crippen LogP contribution in [-0.4, -0.2) is 46.8 Å². The molecule has 0 spiro atoms. The molecule has 1 aromatic heterocycles. The van der Waals surface area contributed by atoms with Crippen molar-refractivity contribution in [2.24, 2.45) is 5.92 Å². The van der Waals surface area contributed by atoms with Crippen LogP contribution in [-0.2, 0) is 16.1 Å². The van der Waals surface area contributed by atoms with Crippen LogP contribution in [0, 0.1) is 12.8 Å². The van der Waals surface area contributed by atoms with Gasteiger partial charge in [0.2, 0.25) is 5.91 Å². The fourth-order valence-electron chi connectivity index (χ4n) is 4.89. The molecule has 2 aliphatic rings. The highest BCUT2D eigenvalue weighted by Gasteiger charge is 2.48. The molecule has 8 heteroatoms. The van der Waals surface area contributed by atoms with Crippen LogP contribution in [0.1, 0.15) is 52.2 Å². The van der Waals surface area contributed by atoms with Crippen molar-refractivity contribution in [3.8, 4) is 0 Å². The predicted octanol–water partition coefficient (Wildman–Crippen LogP) is 5.63. The van der Waals surface area contributed by atoms with E-state index in [0.717, 1.165) is 24.0 Å². The predicted molar refractivity (Wildman–Crippen MR) is 143 cm³/mol. The summed E-state index contributed by atoms with van der Waals surface area (Å²) in [6, 6.07) is 18.0. The smallest absolute Gasteiger partial charge is 0.411 e. The number of piperidine rings is 1. The van der Waals surface area contributed by atoms with Gasteiger partial charge >= 0.3 is 6.09 Å². The molecule has 5 rings (SSSR count). The van der Waals surface area contributed by atoms with Crippen molar-refractivity contribution in [2.75, 3.05) is 18.4 Å². The molecule has 3 amide bonds. The van der Waals surface area contributed by atoms with Gasteiger partial charge in [-0.3, -0.25) is 14.5 Å². The van der Waals surface area contributed by atoms with Crippen LogP contribution in [0.5, 0.6) is 0 Å². The number of nitrogens with zero attached hydrogens (tertiary/aromatic N) is 2. The number of cyclic esters (lactones) is 1. The van der Waals surface area contributed by atoms with Crippen LogP contribution < -0.4 is 5.32 Å². The second-order valence-corrected chi connectivity index (χ2v) is 10.9. The van der Waals surface area contributed by atoms with E-state index in [4.69, 9.17) is 4.74 Å². The van der Waals surface area contributed by atoms with Gasteiger partial charge in [-0.1, -0.05) is 55.0 Å². The van der Waals surface area contributed by atoms with Crippen LogP contribution in [0.4, 0.5) is 10.5 Å². The average molecular weight is 518 g/mol. The third-order valence-corrected chi connectivity index (χ3v) is 7.99. The third-order valence-electron chi connectivity index (χ3n) is 7.12. The van der Waals surface area contributed by atoms with Gasteiger partial charge < -0.3 is 15.0 Å². The topological polar surface area (TPSA) is 79.0 Å². The number of ether oxygens (including phenoxy) is 1. The third kappa shape index (κ3) is 5.54. The number of hydrogen-bond acceptors (Lipinski definition) is 5. The Morgan fingerprint density at radius 2 is 1.81 bits per heavy atom. The zero-order valence-corrected chi connectivity index (χ0v) is 21.9. The van der Waals surface area contributed by atoms with Gasteiger partial charge in [0.1, 0.15) is 0 Å². The summed E-state index contributed by atoms with van der Waals surface area (Å²) in [6.45, 7) is 5.84. The number of nitrogens with one attached hydrogen (secondary N) is 1. The molecule has 2 aliphatic heterocycles. The largest absolute Gasteiger partial charge is 0.438 e. The molecule has 1 N–H and O–H groups in total. The normalized spacial score (nSPS) is 20.1. The van der Waals surface area contributed by atoms with E-state index in [9.17, 15) is 14.4 Å². The lowest BCUT2D eigenvalue weighted by molar-refractivity contribution is -0.138. The average Bonchev–Trinajstić information content (AvgIpc) is 3.55. The minimum Gasteiger partial charge on any atom is -0.438 e. The van der Waals surface area contributed by atoms with Gasteiger partial charge in [-0.05, 0) is 60.4 Å². The van der Waals surface area contributed by atoms with Gasteiger partial charge in [-0.2, -0.15) is 0 Å². The van der Waals surface area contributed by atoms with E-state index in [1.54, 1.807) is 29.2 Å². The van der Waals surface area contributed by atoms with E-state index >= 15 is 0 Å². The van der Waals surface area contributed by atoms with E-state index in [2.05, 4.69) is 12.2 Å². The van der Waals surface area contributed by atoms with E-state index < -0.39 is 18.2 Å². The number of hydrogen-bond donors (Lipinski definition) is 1. The minimum absolute atomic E-state index is 0.0946. The Morgan fingerprint density at radius 1 is 1.05 bits per heavy atom. The SMILES string of the molecule is Cc1ccc(CN2C(=O)OC(c3cccc(NC(=O)c4cccs4)c3)C2C(=O)N2CCC(C)CC2)cc1. The molecule has 3 heterocycles. The summed E-state index contributed by atoms with van der Waals surface area (Å²) < 4.78 is 5.86. The summed E-state index contributed by atoms with van der Waals surface area (Å²) in [5.41, 5.74) is 3.32. The highest BCUT2D eigenvalue weighted by molar-refractivity contribution is 7.12. The molecule has 7 nitrogen and oxygen atoms in total. The molecule has 0 bridgehead atoms. The summed E-state index contributed by atoms with van der Waals surface area (Å²) in [7, 11) is 0. The highest BCUT2D eigenvalue weighted by atomic mass is 32.1. The number of aryl methyl sites for hydroxylation is 1. The van der Waals surface area contributed by atoms with E-state index in [-0.39, 0.29) is 18.4 Å². The summed E-state index contributed by atoms with van der Waals surface area (Å²) in [5, 5.41) is 4.76. The van der Waals surface area contributed by atoms with Crippen LogP contribution in [0.3, 0.4) is 0 Å². The first kappa shape index (κ1) is 25.0. The lowest BCUT2D eigenvalue weighted by atomic mass is 9.96. The van der Waals surface area contributed by atoms with E-state index in [0.29, 0.717) is 35.1 Å². The Labute approximate surface area is 221 Å². The molecule has 2 aromatic carbocycles. The molecule has 2 saturated heterocycles. The highest BCUT2D eigenvalue weighted by Crippen LogP contribution is 2.36. The fourth-order valence-corrected chi connectivity index (χ4v) is 5.51. The lowest BCUT2D eigenvalue weighted by Gasteiger charge is -2.34. The van der Waals surface area contributed by atoms with Gasteiger partial charge in [0.05, 0.1) is 11.4 Å². The molecule has 0 saturated carbocycles. The monoisotopic (exact) mass is 517 g/mol. The first-order chi connectivity index (χ1) is 17.9. The van der Waals surface area contributed by atoms with Crippen LogP contribution in [0.15, 0.2) is 66.0 Å². The Morgan fingerprint density at radius 3 is 2.51 bits per heavy atom. The number of likely N-dealkylation sites (tertiary alicyclic amines) is 1. The second-order valence-electron chi connectivity index (χ2n) is 9.93. The van der Waals surface area contributed by atoms with E-state index in [1.807, 2.05) is 53.6 Å². The zero-order valence-electron chi connectivity index (χ0n) is 21.1. The maximum Gasteiger partial charge on any atom is 0.411 e. The molecular formula is C29H31N3O4S. The number of carbonyl (C=O) groups excluding carboxylic acids is 3. The summed E-state index contributed by atoms with van der Waals surface area (Å²) in [6.07, 6.45) is 0.603. The lowest BCUT2D eigenvalue weighted by Crippen LogP contribution is -2.50. The van der Waals surface area contributed by atoms with Gasteiger partial charge in [0.15, 0.2) is 12.1 Å². The Bertz CT molecular complexity index is 1270. The molecule has 0 radical (unpaired) electrons. The number of rotatable bonds is 6. The molecule has 37 heavy (non-hydrogen) atoms. The molecule has 2 unspecified atom stereocenters. The number of carbonyl (C=O) groups is 3. The van der Waals surface area contributed by atoms with Gasteiger partial charge in [-0.25, -0.2) is 4.79 Å². The Balaban J connectivity index is 1.43. The first-order valence-electron chi connectivity index (χ1n) is 12.7. The Hall–Kier alpha value is -3.65. The first-order valence-corrected chi connectivity index (χ1v) is 13.5. The number of amides is 3. The zero-order chi connectivity index (χ0) is 25.9. The van der Waals surface area contributed by atoms with E-state index in [1.165, 1.54) is 11.3 Å². The summed E-state index contributed by atoms with van der Waals surface area (Å²) in [4.78, 5) is 43.7. The van der Waals surface area contributed by atoms with Crippen molar-refractivity contribution in [2.45, 2.75) is 45.4 Å². The summed E-state index contributed by atoms with van der Waals surface area (Å²) >= 11 is 1.36. The van der Waals surface area contributed by atoms with Crippen LogP contribution in [0.2, 0.25) is 0 Å². The maximum atomic E-state index is 13.9. The van der Waals surface area contributed by atoms with Crippen molar-refractivity contribution in [1.82, 2.24) is 9.80 Å². The molecule has 2 fully saturated rings. The van der Waals surface area contributed by atoms with Gasteiger partial charge in [-0.15, -0.1) is 11.3 Å². The molecular weight excluding hydrogens is 486 g/mol. The minimum atomic E-state index is -0.787. The number of benzene rings is 2. The summed E-state index contributed by atoms with van der Waals surface area (Å²) in [5.74, 6) is 0.281. The van der Waals surface area contributed by atoms with Crippen LogP contribution >= 0.6 is 11.3 Å². The quantitative estimate of drug-likeness (QED) is 0.460. The van der Waals surface area contributed by atoms with Gasteiger partial charge in [0.25, 0.3) is 5.91 Å². The van der Waals surface area contributed by atoms with Gasteiger partial charge in [0, 0.05) is 18.8 Å². The van der Waals surface area contributed by atoms with Crippen molar-refractivity contribution >= 4 is 34.9 Å². The standard InChI is InChI=1S/C29H31N3O4S/c1-19-8-10-21(11-9-19)18-32-25(28(34)31-14-12-20(2)13-15-31)26(36-29(32)35)22-5-3-6-23(17-22)30-27(33)24-7-4-16-37-24/h3-11,16-17,20,25-26H,12-15,18H2,1-2H3,(H,30,33). The molecule has 192 valence electrons. The molecule has 3 aromatic rings. The number of anilines is 1.